The molecule has 0 aliphatic rings. The zero-order valence-corrected chi connectivity index (χ0v) is 16.6. The Morgan fingerprint density at radius 2 is 1.69 bits per heavy atom. The molecular weight excluding hydrogens is 394 g/mol. The number of carbonyl (C=O) groups is 2. The fourth-order valence-electron chi connectivity index (χ4n) is 2.22. The molecule has 136 valence electrons. The molecule has 1 atom stereocenters. The van der Waals surface area contributed by atoms with E-state index in [1.807, 2.05) is 30.3 Å². The van der Waals surface area contributed by atoms with Crippen LogP contribution in [0.3, 0.4) is 0 Å². The van der Waals surface area contributed by atoms with Crippen molar-refractivity contribution in [3.8, 4) is 0 Å². The molecule has 0 aromatic heterocycles. The van der Waals surface area contributed by atoms with Crippen LogP contribution in [0.4, 0.5) is 0 Å². The highest BCUT2D eigenvalue weighted by Gasteiger charge is 2.17. The third-order valence-electron chi connectivity index (χ3n) is 3.85. The van der Waals surface area contributed by atoms with Crippen molar-refractivity contribution in [2.45, 2.75) is 32.7 Å². The average molecular weight is 416 g/mol. The Kier molecular flexibility index (Phi) is 7.09. The number of rotatable bonds is 6. The minimum absolute atomic E-state index is 0.326. The SMILES string of the molecule is CC(NC(=O)c1ccccc1Br)C(=O)NN=Cc1ccc(C(C)C)cc1. The lowest BCUT2D eigenvalue weighted by molar-refractivity contribution is -0.122. The predicted molar refractivity (Wildman–Crippen MR) is 107 cm³/mol. The molecule has 0 fully saturated rings. The summed E-state index contributed by atoms with van der Waals surface area (Å²) in [6.45, 7) is 5.87. The van der Waals surface area contributed by atoms with Gasteiger partial charge in [0.05, 0.1) is 11.8 Å². The molecule has 26 heavy (non-hydrogen) atoms. The number of amides is 2. The van der Waals surface area contributed by atoms with Crippen LogP contribution >= 0.6 is 15.9 Å². The summed E-state index contributed by atoms with van der Waals surface area (Å²) in [6.07, 6.45) is 1.57. The molecule has 2 aromatic rings. The second-order valence-electron chi connectivity index (χ2n) is 6.23. The highest BCUT2D eigenvalue weighted by atomic mass is 79.9. The third kappa shape index (κ3) is 5.52. The van der Waals surface area contributed by atoms with E-state index in [0.717, 1.165) is 5.56 Å². The van der Waals surface area contributed by atoms with E-state index in [4.69, 9.17) is 0 Å². The number of nitrogens with one attached hydrogen (secondary N) is 2. The number of hydrogen-bond donors (Lipinski definition) is 2. The van der Waals surface area contributed by atoms with Gasteiger partial charge in [0, 0.05) is 4.47 Å². The van der Waals surface area contributed by atoms with Crippen LogP contribution in [0.15, 0.2) is 58.1 Å². The Labute approximate surface area is 162 Å². The lowest BCUT2D eigenvalue weighted by Crippen LogP contribution is -2.43. The van der Waals surface area contributed by atoms with Crippen LogP contribution < -0.4 is 10.7 Å². The monoisotopic (exact) mass is 415 g/mol. The molecule has 2 aromatic carbocycles. The van der Waals surface area contributed by atoms with Gasteiger partial charge in [-0.3, -0.25) is 9.59 Å². The van der Waals surface area contributed by atoms with Crippen molar-refractivity contribution in [3.63, 3.8) is 0 Å². The van der Waals surface area contributed by atoms with E-state index in [2.05, 4.69) is 45.6 Å². The van der Waals surface area contributed by atoms with E-state index >= 15 is 0 Å². The molecule has 0 spiro atoms. The van der Waals surface area contributed by atoms with Gasteiger partial charge in [-0.15, -0.1) is 0 Å². The highest BCUT2D eigenvalue weighted by molar-refractivity contribution is 9.10. The Bertz CT molecular complexity index is 801. The Morgan fingerprint density at radius 3 is 2.31 bits per heavy atom. The molecule has 5 nitrogen and oxygen atoms in total. The molecule has 2 N–H and O–H groups in total. The normalized spacial score (nSPS) is 12.2. The molecule has 0 aliphatic carbocycles. The zero-order valence-electron chi connectivity index (χ0n) is 15.0. The first-order chi connectivity index (χ1) is 12.4. The fourth-order valence-corrected chi connectivity index (χ4v) is 2.68. The molecule has 2 amide bonds. The molecular formula is C20H22BrN3O2. The van der Waals surface area contributed by atoms with Crippen molar-refractivity contribution in [1.29, 1.82) is 0 Å². The van der Waals surface area contributed by atoms with Crippen LogP contribution in [-0.4, -0.2) is 24.1 Å². The van der Waals surface area contributed by atoms with Crippen molar-refractivity contribution >= 4 is 34.0 Å². The molecule has 0 aliphatic heterocycles. The van der Waals surface area contributed by atoms with Gasteiger partial charge in [-0.2, -0.15) is 5.10 Å². The van der Waals surface area contributed by atoms with Crippen molar-refractivity contribution < 1.29 is 9.59 Å². The quantitative estimate of drug-likeness (QED) is 0.555. The summed E-state index contributed by atoms with van der Waals surface area (Å²) in [7, 11) is 0. The van der Waals surface area contributed by atoms with Gasteiger partial charge in [0.25, 0.3) is 11.8 Å². The van der Waals surface area contributed by atoms with Crippen LogP contribution in [0.5, 0.6) is 0 Å². The molecule has 6 heteroatoms. The lowest BCUT2D eigenvalue weighted by atomic mass is 10.0. The number of nitrogens with zero attached hydrogens (tertiary/aromatic N) is 1. The maximum absolute atomic E-state index is 12.2. The molecule has 0 radical (unpaired) electrons. The van der Waals surface area contributed by atoms with Crippen molar-refractivity contribution in [2.75, 3.05) is 0 Å². The molecule has 0 saturated heterocycles. The van der Waals surface area contributed by atoms with Crippen LogP contribution in [0, 0.1) is 0 Å². The van der Waals surface area contributed by atoms with Gasteiger partial charge in [-0.25, -0.2) is 5.43 Å². The van der Waals surface area contributed by atoms with Gasteiger partial charge in [-0.1, -0.05) is 50.2 Å². The van der Waals surface area contributed by atoms with Crippen molar-refractivity contribution in [1.82, 2.24) is 10.7 Å². The number of hydrogen-bond acceptors (Lipinski definition) is 3. The van der Waals surface area contributed by atoms with Crippen molar-refractivity contribution in [2.24, 2.45) is 5.10 Å². The maximum Gasteiger partial charge on any atom is 0.262 e. The first-order valence-electron chi connectivity index (χ1n) is 8.36. The fraction of sp³-hybridized carbons (Fsp3) is 0.250. The van der Waals surface area contributed by atoms with Crippen LogP contribution in [-0.2, 0) is 4.79 Å². The summed E-state index contributed by atoms with van der Waals surface area (Å²) in [6, 6.07) is 14.3. The van der Waals surface area contributed by atoms with Gasteiger partial charge < -0.3 is 5.32 Å². The summed E-state index contributed by atoms with van der Waals surface area (Å²) in [4.78, 5) is 24.3. The van der Waals surface area contributed by atoms with Gasteiger partial charge >= 0.3 is 0 Å². The van der Waals surface area contributed by atoms with Crippen LogP contribution in [0.2, 0.25) is 0 Å². The van der Waals surface area contributed by atoms with Gasteiger partial charge in [0.2, 0.25) is 0 Å². The Morgan fingerprint density at radius 1 is 1.04 bits per heavy atom. The minimum Gasteiger partial charge on any atom is -0.340 e. The minimum atomic E-state index is -0.713. The summed E-state index contributed by atoms with van der Waals surface area (Å²) in [5.41, 5.74) is 5.05. The number of benzene rings is 2. The smallest absolute Gasteiger partial charge is 0.262 e. The summed E-state index contributed by atoms with van der Waals surface area (Å²) < 4.78 is 0.674. The van der Waals surface area contributed by atoms with E-state index in [0.29, 0.717) is 16.0 Å². The van der Waals surface area contributed by atoms with E-state index in [9.17, 15) is 9.59 Å². The van der Waals surface area contributed by atoms with Gasteiger partial charge in [-0.05, 0) is 52.0 Å². The highest BCUT2D eigenvalue weighted by Crippen LogP contribution is 2.16. The average Bonchev–Trinajstić information content (AvgIpc) is 2.62. The van der Waals surface area contributed by atoms with Crippen molar-refractivity contribution in [3.05, 3.63) is 69.7 Å². The van der Waals surface area contributed by atoms with Crippen LogP contribution in [0.25, 0.3) is 0 Å². The van der Waals surface area contributed by atoms with E-state index < -0.39 is 6.04 Å². The summed E-state index contributed by atoms with van der Waals surface area (Å²) in [5, 5.41) is 6.60. The standard InChI is InChI=1S/C20H22BrN3O2/c1-13(2)16-10-8-15(9-11-16)12-22-24-19(25)14(3)23-20(26)17-6-4-5-7-18(17)21/h4-14H,1-3H3,(H,23,26)(H,24,25). The predicted octanol–water partition coefficient (Wildman–Crippen LogP) is 3.84. The first kappa shape index (κ1) is 19.8. The topological polar surface area (TPSA) is 70.6 Å². The second kappa shape index (κ2) is 9.29. The molecule has 0 heterocycles. The second-order valence-corrected chi connectivity index (χ2v) is 7.08. The number of hydrazone groups is 1. The molecule has 1 unspecified atom stereocenters. The number of carbonyl (C=O) groups excluding carboxylic acids is 2. The molecule has 2 rings (SSSR count). The van der Waals surface area contributed by atoms with Gasteiger partial charge in [0.1, 0.15) is 6.04 Å². The largest absolute Gasteiger partial charge is 0.340 e. The van der Waals surface area contributed by atoms with Gasteiger partial charge in [0.15, 0.2) is 0 Å². The molecule has 0 bridgehead atoms. The van der Waals surface area contributed by atoms with E-state index in [1.165, 1.54) is 5.56 Å². The van der Waals surface area contributed by atoms with Crippen LogP contribution in [0.1, 0.15) is 48.2 Å². The Hall–Kier alpha value is -2.47. The first-order valence-corrected chi connectivity index (χ1v) is 9.16. The van der Waals surface area contributed by atoms with E-state index in [-0.39, 0.29) is 11.8 Å². The molecule has 0 saturated carbocycles. The summed E-state index contributed by atoms with van der Waals surface area (Å²) in [5.74, 6) is -0.247. The Balaban J connectivity index is 1.88. The third-order valence-corrected chi connectivity index (χ3v) is 4.54. The zero-order chi connectivity index (χ0) is 19.1. The van der Waals surface area contributed by atoms with E-state index in [1.54, 1.807) is 31.3 Å². The lowest BCUT2D eigenvalue weighted by Gasteiger charge is -2.12. The summed E-state index contributed by atoms with van der Waals surface area (Å²) >= 11 is 3.32. The maximum atomic E-state index is 12.2. The number of halogens is 1.